The molecule has 3 aromatic rings. The zero-order chi connectivity index (χ0) is 24.1. The average molecular weight is 468 g/mol. The van der Waals surface area contributed by atoms with Gasteiger partial charge in [0.15, 0.2) is 0 Å². The fourth-order valence-electron chi connectivity index (χ4n) is 3.49. The molecule has 0 saturated heterocycles. The molecule has 8 heteroatoms. The van der Waals surface area contributed by atoms with Gasteiger partial charge in [-0.15, -0.1) is 0 Å². The summed E-state index contributed by atoms with van der Waals surface area (Å²) >= 11 is 6.20. The summed E-state index contributed by atoms with van der Waals surface area (Å²) < 4.78 is 0. The largest absolute Gasteiger partial charge is 0.480 e. The van der Waals surface area contributed by atoms with Crippen molar-refractivity contribution in [1.82, 2.24) is 5.32 Å². The number of carbonyl (C=O) groups excluding carboxylic acids is 2. The van der Waals surface area contributed by atoms with Crippen molar-refractivity contribution in [2.45, 2.75) is 33.2 Å². The van der Waals surface area contributed by atoms with Gasteiger partial charge in [0.25, 0.3) is 5.91 Å². The first-order chi connectivity index (χ1) is 15.7. The Hall–Kier alpha value is -3.58. The van der Waals surface area contributed by atoms with Crippen molar-refractivity contribution in [2.24, 2.45) is 5.92 Å². The quantitative estimate of drug-likeness (QED) is 0.358. The highest BCUT2D eigenvalue weighted by atomic mass is 35.5. The van der Waals surface area contributed by atoms with Crippen LogP contribution >= 0.6 is 11.6 Å². The average Bonchev–Trinajstić information content (AvgIpc) is 2.78. The van der Waals surface area contributed by atoms with Crippen LogP contribution in [0.3, 0.4) is 0 Å². The Kier molecular flexibility index (Phi) is 7.55. The summed E-state index contributed by atoms with van der Waals surface area (Å²) in [5.74, 6) is -1.97. The number of hydrogen-bond acceptors (Lipinski definition) is 3. The molecule has 3 aromatic carbocycles. The number of urea groups is 1. The molecule has 4 N–H and O–H groups in total. The van der Waals surface area contributed by atoms with E-state index in [2.05, 4.69) is 16.0 Å². The van der Waals surface area contributed by atoms with Crippen LogP contribution in [0.4, 0.5) is 16.2 Å². The predicted octanol–water partition coefficient (Wildman–Crippen LogP) is 5.67. The van der Waals surface area contributed by atoms with Crippen LogP contribution in [-0.4, -0.2) is 29.1 Å². The summed E-state index contributed by atoms with van der Waals surface area (Å²) in [4.78, 5) is 37.6. The van der Waals surface area contributed by atoms with E-state index in [1.165, 1.54) is 0 Å². The lowest BCUT2D eigenvalue weighted by molar-refractivity contribution is -0.140. The highest BCUT2D eigenvalue weighted by Gasteiger charge is 2.27. The van der Waals surface area contributed by atoms with Gasteiger partial charge in [-0.1, -0.05) is 68.3 Å². The summed E-state index contributed by atoms with van der Waals surface area (Å²) in [6, 6.07) is 14.3. The van der Waals surface area contributed by atoms with Crippen LogP contribution in [-0.2, 0) is 4.79 Å². The van der Waals surface area contributed by atoms with E-state index in [0.29, 0.717) is 17.1 Å². The second-order valence-electron chi connectivity index (χ2n) is 7.93. The van der Waals surface area contributed by atoms with Gasteiger partial charge in [0.05, 0.1) is 22.0 Å². The van der Waals surface area contributed by atoms with Crippen molar-refractivity contribution >= 4 is 51.7 Å². The molecule has 0 aliphatic heterocycles. The van der Waals surface area contributed by atoms with Crippen LogP contribution in [0, 0.1) is 12.8 Å². The second-order valence-corrected chi connectivity index (χ2v) is 8.34. The maximum absolute atomic E-state index is 13.1. The molecular formula is C25H26ClN3O4. The van der Waals surface area contributed by atoms with Crippen molar-refractivity contribution in [3.63, 3.8) is 0 Å². The van der Waals surface area contributed by atoms with Gasteiger partial charge in [0.2, 0.25) is 0 Å². The molecule has 0 fully saturated rings. The molecule has 0 aliphatic carbocycles. The number of halogens is 1. The van der Waals surface area contributed by atoms with Crippen molar-refractivity contribution in [3.8, 4) is 0 Å². The first kappa shape index (κ1) is 24.1. The molecule has 0 spiro atoms. The Morgan fingerprint density at radius 2 is 1.67 bits per heavy atom. The van der Waals surface area contributed by atoms with Crippen LogP contribution < -0.4 is 16.0 Å². The van der Waals surface area contributed by atoms with Crippen LogP contribution in [0.25, 0.3) is 10.8 Å². The zero-order valence-corrected chi connectivity index (χ0v) is 19.4. The van der Waals surface area contributed by atoms with Gasteiger partial charge in [0, 0.05) is 0 Å². The number of carbonyl (C=O) groups is 3. The van der Waals surface area contributed by atoms with Gasteiger partial charge in [0.1, 0.15) is 6.04 Å². The van der Waals surface area contributed by atoms with Crippen LogP contribution in [0.2, 0.25) is 5.02 Å². The van der Waals surface area contributed by atoms with Gasteiger partial charge in [-0.3, -0.25) is 4.79 Å². The smallest absolute Gasteiger partial charge is 0.326 e. The fraction of sp³-hybridized carbons (Fsp3) is 0.240. The number of benzene rings is 3. The van der Waals surface area contributed by atoms with Crippen LogP contribution in [0.1, 0.15) is 36.2 Å². The van der Waals surface area contributed by atoms with Crippen molar-refractivity contribution in [2.75, 3.05) is 10.6 Å². The molecule has 7 nitrogen and oxygen atoms in total. The molecule has 1 unspecified atom stereocenters. The van der Waals surface area contributed by atoms with E-state index < -0.39 is 23.9 Å². The van der Waals surface area contributed by atoms with E-state index in [1.807, 2.05) is 44.2 Å². The maximum atomic E-state index is 13.1. The Morgan fingerprint density at radius 3 is 2.27 bits per heavy atom. The summed E-state index contributed by atoms with van der Waals surface area (Å²) in [7, 11) is 0. The maximum Gasteiger partial charge on any atom is 0.326 e. The molecule has 3 rings (SSSR count). The number of aliphatic carboxylic acids is 1. The summed E-state index contributed by atoms with van der Waals surface area (Å²) in [5.41, 5.74) is 1.66. The number of fused-ring (bicyclic) bond motifs is 1. The highest BCUT2D eigenvalue weighted by molar-refractivity contribution is 6.34. The number of anilines is 2. The Balaban J connectivity index is 1.95. The van der Waals surface area contributed by atoms with E-state index in [0.717, 1.165) is 16.3 Å². The first-order valence-corrected chi connectivity index (χ1v) is 11.0. The molecule has 0 saturated carbocycles. The first-order valence-electron chi connectivity index (χ1n) is 10.6. The number of carboxylic acid groups (broad SMARTS) is 1. The number of rotatable bonds is 7. The molecular weight excluding hydrogens is 442 g/mol. The topological polar surface area (TPSA) is 108 Å². The summed E-state index contributed by atoms with van der Waals surface area (Å²) in [6.45, 7) is 5.44. The fourth-order valence-corrected chi connectivity index (χ4v) is 3.76. The zero-order valence-electron chi connectivity index (χ0n) is 18.6. The van der Waals surface area contributed by atoms with E-state index in [9.17, 15) is 19.5 Å². The minimum absolute atomic E-state index is 0.161. The molecule has 0 radical (unpaired) electrons. The number of aryl methyl sites for hydroxylation is 1. The molecule has 0 aliphatic rings. The van der Waals surface area contributed by atoms with Gasteiger partial charge >= 0.3 is 12.0 Å². The van der Waals surface area contributed by atoms with E-state index in [-0.39, 0.29) is 17.2 Å². The number of para-hydroxylation sites is 1. The van der Waals surface area contributed by atoms with Crippen molar-refractivity contribution in [1.29, 1.82) is 0 Å². The molecule has 172 valence electrons. The molecule has 3 amide bonds. The number of nitrogens with one attached hydrogen (secondary N) is 3. The predicted molar refractivity (Wildman–Crippen MR) is 131 cm³/mol. The minimum atomic E-state index is -1.11. The standard InChI is InChI=1S/C25H26ClN3O4/c1-4-14(2)22(24(31)32)28-23(30)18-12-16-9-5-6-10-17(16)13-20(18)27-25(33)29-21-15(3)8-7-11-19(21)26/h5-14,22H,4H2,1-3H3,(H,28,30)(H,31,32)(H2,27,29,33)/t14?,22-/m0/s1. The molecule has 0 aromatic heterocycles. The SMILES string of the molecule is CCC(C)[C@H](NC(=O)c1cc2ccccc2cc1NC(=O)Nc1c(C)cccc1Cl)C(=O)O. The van der Waals surface area contributed by atoms with E-state index >= 15 is 0 Å². The van der Waals surface area contributed by atoms with Crippen LogP contribution in [0.5, 0.6) is 0 Å². The van der Waals surface area contributed by atoms with Gasteiger partial charge in [-0.2, -0.15) is 0 Å². The minimum Gasteiger partial charge on any atom is -0.480 e. The second kappa shape index (κ2) is 10.4. The third-order valence-corrected chi connectivity index (χ3v) is 5.92. The third-order valence-electron chi connectivity index (χ3n) is 5.60. The van der Waals surface area contributed by atoms with E-state index in [1.54, 1.807) is 31.2 Å². The van der Waals surface area contributed by atoms with Crippen molar-refractivity contribution in [3.05, 3.63) is 70.7 Å². The Labute approximate surface area is 197 Å². The lowest BCUT2D eigenvalue weighted by Crippen LogP contribution is -2.45. The van der Waals surface area contributed by atoms with Crippen molar-refractivity contribution < 1.29 is 19.5 Å². The lowest BCUT2D eigenvalue weighted by atomic mass is 9.98. The Bertz CT molecular complexity index is 1190. The Morgan fingerprint density at radius 1 is 1.00 bits per heavy atom. The third kappa shape index (κ3) is 5.62. The normalized spacial score (nSPS) is 12.6. The van der Waals surface area contributed by atoms with Crippen LogP contribution in [0.15, 0.2) is 54.6 Å². The molecule has 0 heterocycles. The van der Waals surface area contributed by atoms with Gasteiger partial charge < -0.3 is 21.1 Å². The molecule has 2 atom stereocenters. The highest BCUT2D eigenvalue weighted by Crippen LogP contribution is 2.27. The monoisotopic (exact) mass is 467 g/mol. The van der Waals surface area contributed by atoms with E-state index in [4.69, 9.17) is 11.6 Å². The summed E-state index contributed by atoms with van der Waals surface area (Å²) in [5, 5.41) is 19.6. The van der Waals surface area contributed by atoms with Gasteiger partial charge in [-0.05, 0) is 47.4 Å². The van der Waals surface area contributed by atoms with Gasteiger partial charge in [-0.25, -0.2) is 9.59 Å². The number of amides is 3. The number of hydrogen-bond donors (Lipinski definition) is 4. The lowest BCUT2D eigenvalue weighted by Gasteiger charge is -2.21. The molecule has 0 bridgehead atoms. The molecule has 33 heavy (non-hydrogen) atoms. The summed E-state index contributed by atoms with van der Waals surface area (Å²) in [6.07, 6.45) is 0.583. The number of carboxylic acids is 1.